The molecule has 11 rings (SSSR count). The third-order valence-corrected chi connectivity index (χ3v) is 11.5. The van der Waals surface area contributed by atoms with Crippen LogP contribution in [0.4, 0.5) is 17.1 Å². The van der Waals surface area contributed by atoms with Gasteiger partial charge in [0.1, 0.15) is 11.2 Å². The van der Waals surface area contributed by atoms with Gasteiger partial charge >= 0.3 is 0 Å². The second kappa shape index (κ2) is 12.9. The van der Waals surface area contributed by atoms with Gasteiger partial charge in [-0.3, -0.25) is 0 Å². The summed E-state index contributed by atoms with van der Waals surface area (Å²) in [6, 6.07) is 63.7. The van der Waals surface area contributed by atoms with Gasteiger partial charge in [0.2, 0.25) is 0 Å². The Bertz CT molecular complexity index is 3100. The molecule has 0 unspecified atom stereocenters. The van der Waals surface area contributed by atoms with Crippen molar-refractivity contribution in [3.63, 3.8) is 0 Å². The van der Waals surface area contributed by atoms with Gasteiger partial charge < -0.3 is 9.32 Å². The minimum absolute atomic E-state index is 0.207. The fraction of sp³-hybridized carbons (Fsp3) is 0.0577. The van der Waals surface area contributed by atoms with Crippen LogP contribution in [-0.4, -0.2) is 15.0 Å². The van der Waals surface area contributed by atoms with Crippen LogP contribution in [0.5, 0.6) is 0 Å². The first-order valence-electron chi connectivity index (χ1n) is 19.4. The van der Waals surface area contributed by atoms with E-state index in [1.807, 2.05) is 72.8 Å². The zero-order valence-electron chi connectivity index (χ0n) is 31.5. The molecule has 0 N–H and O–H groups in total. The standard InChI is InChI=1S/C52H36N4O/c1-52(2)43-24-12-11-22-39(43)41-23-14-26-45(48(41)52)56(44-25-13-20-33-15-9-10-21-38(33)44)37-28-29-40-42-31-36(27-30-46(42)57-47(40)32-37)51-54-49(34-16-5-3-6-17-34)53-50(55-51)35-18-7-4-8-19-35/h3-32H,1-2H3. The summed E-state index contributed by atoms with van der Waals surface area (Å²) in [5, 5.41) is 4.41. The van der Waals surface area contributed by atoms with Crippen molar-refractivity contribution >= 4 is 49.8 Å². The maximum absolute atomic E-state index is 6.68. The first-order valence-corrected chi connectivity index (χ1v) is 19.4. The maximum Gasteiger partial charge on any atom is 0.164 e. The highest BCUT2D eigenvalue weighted by atomic mass is 16.3. The molecule has 0 atom stereocenters. The largest absolute Gasteiger partial charge is 0.456 e. The van der Waals surface area contributed by atoms with Crippen molar-refractivity contribution in [2.45, 2.75) is 19.3 Å². The molecule has 1 aliphatic rings. The fourth-order valence-corrected chi connectivity index (χ4v) is 8.80. The molecule has 0 radical (unpaired) electrons. The third kappa shape index (κ3) is 5.35. The summed E-state index contributed by atoms with van der Waals surface area (Å²) in [7, 11) is 0. The number of aromatic nitrogens is 3. The Morgan fingerprint density at radius 3 is 1.82 bits per heavy atom. The summed E-state index contributed by atoms with van der Waals surface area (Å²) in [6.45, 7) is 4.70. The van der Waals surface area contributed by atoms with Gasteiger partial charge in [-0.25, -0.2) is 15.0 Å². The van der Waals surface area contributed by atoms with Gasteiger partial charge in [0.25, 0.3) is 0 Å². The number of fused-ring (bicyclic) bond motifs is 7. The van der Waals surface area contributed by atoms with Crippen LogP contribution in [0.1, 0.15) is 25.0 Å². The molecule has 2 heterocycles. The van der Waals surface area contributed by atoms with Gasteiger partial charge in [0, 0.05) is 50.0 Å². The Hall–Kier alpha value is -7.37. The minimum atomic E-state index is -0.207. The quantitative estimate of drug-likeness (QED) is 0.170. The average molecular weight is 733 g/mol. The van der Waals surface area contributed by atoms with Gasteiger partial charge in [-0.15, -0.1) is 0 Å². The van der Waals surface area contributed by atoms with E-state index >= 15 is 0 Å². The smallest absolute Gasteiger partial charge is 0.164 e. The van der Waals surface area contributed by atoms with E-state index < -0.39 is 0 Å². The van der Waals surface area contributed by atoms with Gasteiger partial charge in [-0.05, 0) is 70.1 Å². The van der Waals surface area contributed by atoms with E-state index in [2.05, 4.69) is 128 Å². The summed E-state index contributed by atoms with van der Waals surface area (Å²) in [6.07, 6.45) is 0. The first kappa shape index (κ1) is 33.0. The molecule has 0 spiro atoms. The van der Waals surface area contributed by atoms with E-state index in [-0.39, 0.29) is 5.41 Å². The van der Waals surface area contributed by atoms with E-state index in [1.165, 1.54) is 33.0 Å². The highest BCUT2D eigenvalue weighted by Crippen LogP contribution is 2.55. The van der Waals surface area contributed by atoms with E-state index in [0.29, 0.717) is 17.5 Å². The van der Waals surface area contributed by atoms with Gasteiger partial charge in [0.15, 0.2) is 17.5 Å². The van der Waals surface area contributed by atoms with Crippen LogP contribution in [0.3, 0.4) is 0 Å². The monoisotopic (exact) mass is 732 g/mol. The van der Waals surface area contributed by atoms with E-state index in [0.717, 1.165) is 55.7 Å². The Labute approximate surface area is 330 Å². The zero-order valence-corrected chi connectivity index (χ0v) is 31.5. The molecule has 0 saturated carbocycles. The van der Waals surface area contributed by atoms with Crippen molar-refractivity contribution in [2.24, 2.45) is 0 Å². The van der Waals surface area contributed by atoms with E-state index in [9.17, 15) is 0 Å². The summed E-state index contributed by atoms with van der Waals surface area (Å²) < 4.78 is 6.68. The number of nitrogens with zero attached hydrogens (tertiary/aromatic N) is 4. The van der Waals surface area contributed by atoms with Crippen molar-refractivity contribution in [3.05, 3.63) is 193 Å². The van der Waals surface area contributed by atoms with Crippen molar-refractivity contribution in [1.29, 1.82) is 0 Å². The Balaban J connectivity index is 1.08. The molecule has 0 bridgehead atoms. The number of hydrogen-bond acceptors (Lipinski definition) is 5. The van der Waals surface area contributed by atoms with Crippen LogP contribution >= 0.6 is 0 Å². The van der Waals surface area contributed by atoms with Crippen molar-refractivity contribution in [1.82, 2.24) is 15.0 Å². The molecule has 2 aromatic heterocycles. The van der Waals surface area contributed by atoms with Crippen LogP contribution in [0.25, 0.3) is 78.0 Å². The van der Waals surface area contributed by atoms with Crippen molar-refractivity contribution in [2.75, 3.05) is 4.90 Å². The highest BCUT2D eigenvalue weighted by Gasteiger charge is 2.39. The molecule has 1 aliphatic carbocycles. The Kier molecular flexibility index (Phi) is 7.45. The fourth-order valence-electron chi connectivity index (χ4n) is 8.80. The molecule has 8 aromatic carbocycles. The highest BCUT2D eigenvalue weighted by molar-refractivity contribution is 6.08. The molecule has 5 heteroatoms. The molecule has 57 heavy (non-hydrogen) atoms. The zero-order chi connectivity index (χ0) is 38.1. The SMILES string of the molecule is CC1(C)c2ccccc2-c2cccc(N(c3ccc4c(c3)oc3ccc(-c5nc(-c6ccccc6)nc(-c6ccccc6)n5)cc34)c3cccc4ccccc34)c21. The summed E-state index contributed by atoms with van der Waals surface area (Å²) in [5.74, 6) is 1.88. The molecule has 0 fully saturated rings. The number of benzene rings is 8. The third-order valence-electron chi connectivity index (χ3n) is 11.5. The number of anilines is 3. The van der Waals surface area contributed by atoms with Crippen LogP contribution in [0.2, 0.25) is 0 Å². The number of rotatable bonds is 6. The van der Waals surface area contributed by atoms with Gasteiger partial charge in [-0.1, -0.05) is 147 Å². The second-order valence-corrected chi connectivity index (χ2v) is 15.2. The second-order valence-electron chi connectivity index (χ2n) is 15.2. The minimum Gasteiger partial charge on any atom is -0.456 e. The van der Waals surface area contributed by atoms with Crippen LogP contribution < -0.4 is 4.90 Å². The lowest BCUT2D eigenvalue weighted by Crippen LogP contribution is -2.20. The topological polar surface area (TPSA) is 55.1 Å². The molecule has 0 saturated heterocycles. The van der Waals surface area contributed by atoms with Crippen molar-refractivity contribution in [3.8, 4) is 45.3 Å². The molecule has 0 amide bonds. The molecule has 5 nitrogen and oxygen atoms in total. The summed E-state index contributed by atoms with van der Waals surface area (Å²) in [4.78, 5) is 17.3. The van der Waals surface area contributed by atoms with Crippen LogP contribution in [-0.2, 0) is 5.41 Å². The predicted octanol–water partition coefficient (Wildman–Crippen LogP) is 13.7. The van der Waals surface area contributed by atoms with E-state index in [4.69, 9.17) is 19.4 Å². The summed E-state index contributed by atoms with van der Waals surface area (Å²) in [5.41, 5.74) is 12.7. The van der Waals surface area contributed by atoms with Crippen LogP contribution in [0.15, 0.2) is 186 Å². The van der Waals surface area contributed by atoms with Crippen LogP contribution in [0, 0.1) is 0 Å². The van der Waals surface area contributed by atoms with Gasteiger partial charge in [0.05, 0.1) is 11.4 Å². The molecule has 0 aliphatic heterocycles. The Morgan fingerprint density at radius 2 is 1.05 bits per heavy atom. The maximum atomic E-state index is 6.68. The molecular weight excluding hydrogens is 697 g/mol. The van der Waals surface area contributed by atoms with E-state index in [1.54, 1.807) is 0 Å². The lowest BCUT2D eigenvalue weighted by atomic mass is 9.81. The molecule has 10 aromatic rings. The predicted molar refractivity (Wildman–Crippen MR) is 233 cm³/mol. The lowest BCUT2D eigenvalue weighted by molar-refractivity contribution is 0.660. The molecular formula is C52H36N4O. The van der Waals surface area contributed by atoms with Crippen molar-refractivity contribution < 1.29 is 4.42 Å². The Morgan fingerprint density at radius 1 is 0.439 bits per heavy atom. The normalized spacial score (nSPS) is 12.9. The number of furan rings is 1. The first-order chi connectivity index (χ1) is 28.0. The molecule has 270 valence electrons. The summed E-state index contributed by atoms with van der Waals surface area (Å²) >= 11 is 0. The number of hydrogen-bond donors (Lipinski definition) is 0. The average Bonchev–Trinajstić information content (AvgIpc) is 3.75. The lowest BCUT2D eigenvalue weighted by Gasteiger charge is -2.32. The van der Waals surface area contributed by atoms with Gasteiger partial charge in [-0.2, -0.15) is 0 Å².